The van der Waals surface area contributed by atoms with E-state index in [2.05, 4.69) is 34.2 Å². The number of esters is 1. The first-order valence-electron chi connectivity index (χ1n) is 7.76. The van der Waals surface area contributed by atoms with E-state index in [1.54, 1.807) is 19.2 Å². The predicted molar refractivity (Wildman–Crippen MR) is 90.1 cm³/mol. The zero-order valence-electron chi connectivity index (χ0n) is 14.0. The smallest absolute Gasteiger partial charge is 0.337 e. The van der Waals surface area contributed by atoms with E-state index in [0.29, 0.717) is 18.0 Å². The molecule has 122 valence electrons. The number of carbonyl (C=O) groups excluding carboxylic acids is 1. The molecule has 0 aliphatic carbocycles. The van der Waals surface area contributed by atoms with Gasteiger partial charge >= 0.3 is 5.97 Å². The van der Waals surface area contributed by atoms with Crippen LogP contribution in [0.3, 0.4) is 0 Å². The van der Waals surface area contributed by atoms with Crippen molar-refractivity contribution < 1.29 is 9.53 Å². The van der Waals surface area contributed by atoms with Crippen molar-refractivity contribution in [3.8, 4) is 0 Å². The largest absolute Gasteiger partial charge is 0.465 e. The topological polar surface area (TPSA) is 62.7 Å². The first-order valence-corrected chi connectivity index (χ1v) is 7.76. The van der Waals surface area contributed by atoms with Crippen molar-refractivity contribution in [3.63, 3.8) is 0 Å². The first kappa shape index (κ1) is 18.0. The molecule has 0 aliphatic heterocycles. The molecule has 1 aromatic rings. The van der Waals surface area contributed by atoms with E-state index in [1.807, 2.05) is 12.1 Å². The van der Waals surface area contributed by atoms with Crippen LogP contribution in [-0.4, -0.2) is 32.6 Å². The quantitative estimate of drug-likeness (QED) is 0.462. The molecule has 0 amide bonds. The Labute approximate surface area is 133 Å². The zero-order chi connectivity index (χ0) is 16.4. The van der Waals surface area contributed by atoms with Crippen molar-refractivity contribution in [3.05, 3.63) is 35.4 Å². The average molecular weight is 305 g/mol. The third kappa shape index (κ3) is 5.76. The normalized spacial score (nSPS) is 11.4. The Hall–Kier alpha value is -2.04. The number of hydrogen-bond donors (Lipinski definition) is 2. The fourth-order valence-electron chi connectivity index (χ4n) is 2.10. The van der Waals surface area contributed by atoms with Crippen molar-refractivity contribution in [2.75, 3.05) is 20.7 Å². The third-order valence-electron chi connectivity index (χ3n) is 3.77. The SMILES string of the molecule is CCC(CC)CNC(=NC)NCc1ccc(C(=O)OC)cc1. The summed E-state index contributed by atoms with van der Waals surface area (Å²) in [7, 11) is 3.15. The summed E-state index contributed by atoms with van der Waals surface area (Å²) in [5.74, 6) is 1.14. The molecule has 22 heavy (non-hydrogen) atoms. The van der Waals surface area contributed by atoms with Gasteiger partial charge in [-0.3, -0.25) is 4.99 Å². The van der Waals surface area contributed by atoms with E-state index in [1.165, 1.54) is 7.11 Å². The van der Waals surface area contributed by atoms with Crippen LogP contribution in [-0.2, 0) is 11.3 Å². The Morgan fingerprint density at radius 1 is 1.18 bits per heavy atom. The molecular weight excluding hydrogens is 278 g/mol. The summed E-state index contributed by atoms with van der Waals surface area (Å²) in [6.45, 7) is 5.99. The molecule has 0 unspecified atom stereocenters. The molecule has 5 nitrogen and oxygen atoms in total. The van der Waals surface area contributed by atoms with Crippen LogP contribution in [0, 0.1) is 5.92 Å². The predicted octanol–water partition coefficient (Wildman–Crippen LogP) is 2.57. The van der Waals surface area contributed by atoms with E-state index < -0.39 is 0 Å². The van der Waals surface area contributed by atoms with E-state index in [4.69, 9.17) is 0 Å². The second-order valence-electron chi connectivity index (χ2n) is 5.18. The first-order chi connectivity index (χ1) is 10.6. The fourth-order valence-corrected chi connectivity index (χ4v) is 2.10. The van der Waals surface area contributed by atoms with Gasteiger partial charge in [0.25, 0.3) is 0 Å². The van der Waals surface area contributed by atoms with Gasteiger partial charge in [0, 0.05) is 20.1 Å². The van der Waals surface area contributed by atoms with Gasteiger partial charge in [-0.1, -0.05) is 38.8 Å². The van der Waals surface area contributed by atoms with E-state index >= 15 is 0 Å². The minimum atomic E-state index is -0.317. The molecule has 1 rings (SSSR count). The molecule has 0 aromatic heterocycles. The Balaban J connectivity index is 2.48. The molecule has 0 radical (unpaired) electrons. The highest BCUT2D eigenvalue weighted by molar-refractivity contribution is 5.89. The molecule has 0 bridgehead atoms. The minimum absolute atomic E-state index is 0.317. The molecule has 5 heteroatoms. The van der Waals surface area contributed by atoms with Crippen LogP contribution < -0.4 is 10.6 Å². The molecule has 0 saturated carbocycles. The van der Waals surface area contributed by atoms with Crippen molar-refractivity contribution in [1.82, 2.24) is 10.6 Å². The lowest BCUT2D eigenvalue weighted by molar-refractivity contribution is 0.0600. The number of benzene rings is 1. The van der Waals surface area contributed by atoms with Crippen LogP contribution in [0.25, 0.3) is 0 Å². The van der Waals surface area contributed by atoms with Gasteiger partial charge in [0.05, 0.1) is 12.7 Å². The highest BCUT2D eigenvalue weighted by atomic mass is 16.5. The highest BCUT2D eigenvalue weighted by Crippen LogP contribution is 2.06. The lowest BCUT2D eigenvalue weighted by Crippen LogP contribution is -2.39. The maximum atomic E-state index is 11.4. The molecular formula is C17H27N3O2. The van der Waals surface area contributed by atoms with Crippen LogP contribution in [0.1, 0.15) is 42.6 Å². The summed E-state index contributed by atoms with van der Waals surface area (Å²) in [6.07, 6.45) is 2.32. The van der Waals surface area contributed by atoms with Crippen LogP contribution in [0.2, 0.25) is 0 Å². The van der Waals surface area contributed by atoms with Crippen LogP contribution >= 0.6 is 0 Å². The van der Waals surface area contributed by atoms with Crippen molar-refractivity contribution in [1.29, 1.82) is 0 Å². The Morgan fingerprint density at radius 2 is 1.82 bits per heavy atom. The second-order valence-corrected chi connectivity index (χ2v) is 5.18. The number of guanidine groups is 1. The van der Waals surface area contributed by atoms with E-state index in [9.17, 15) is 4.79 Å². The number of aliphatic imine (C=N–C) groups is 1. The monoisotopic (exact) mass is 305 g/mol. The minimum Gasteiger partial charge on any atom is -0.465 e. The number of hydrogen-bond acceptors (Lipinski definition) is 3. The van der Waals surface area contributed by atoms with Gasteiger partial charge in [-0.15, -0.1) is 0 Å². The summed E-state index contributed by atoms with van der Waals surface area (Å²) >= 11 is 0. The molecule has 0 aliphatic rings. The number of nitrogens with one attached hydrogen (secondary N) is 2. The van der Waals surface area contributed by atoms with Gasteiger partial charge < -0.3 is 15.4 Å². The molecule has 0 fully saturated rings. The van der Waals surface area contributed by atoms with Gasteiger partial charge in [0.2, 0.25) is 0 Å². The van der Waals surface area contributed by atoms with Gasteiger partial charge in [-0.05, 0) is 23.6 Å². The van der Waals surface area contributed by atoms with Crippen LogP contribution in [0.4, 0.5) is 0 Å². The fraction of sp³-hybridized carbons (Fsp3) is 0.529. The molecule has 0 spiro atoms. The lowest BCUT2D eigenvalue weighted by Gasteiger charge is -2.16. The number of carbonyl (C=O) groups is 1. The summed E-state index contributed by atoms with van der Waals surface area (Å²) in [5.41, 5.74) is 1.64. The summed E-state index contributed by atoms with van der Waals surface area (Å²) < 4.78 is 4.68. The van der Waals surface area contributed by atoms with Crippen LogP contribution in [0.5, 0.6) is 0 Å². The zero-order valence-corrected chi connectivity index (χ0v) is 14.0. The van der Waals surface area contributed by atoms with E-state index in [0.717, 1.165) is 30.9 Å². The standard InChI is InChI=1S/C17H27N3O2/c1-5-13(6-2)11-19-17(18-3)20-12-14-7-9-15(10-8-14)16(21)22-4/h7-10,13H,5-6,11-12H2,1-4H3,(H2,18,19,20). The van der Waals surface area contributed by atoms with Gasteiger partial charge in [-0.25, -0.2) is 4.79 Å². The molecule has 1 aromatic carbocycles. The summed E-state index contributed by atoms with van der Waals surface area (Å²) in [5, 5.41) is 6.62. The summed E-state index contributed by atoms with van der Waals surface area (Å²) in [6, 6.07) is 7.35. The Bertz CT molecular complexity index is 479. The molecule has 0 atom stereocenters. The number of nitrogens with zero attached hydrogens (tertiary/aromatic N) is 1. The van der Waals surface area contributed by atoms with Crippen molar-refractivity contribution in [2.24, 2.45) is 10.9 Å². The van der Waals surface area contributed by atoms with Crippen molar-refractivity contribution >= 4 is 11.9 Å². The van der Waals surface area contributed by atoms with Crippen molar-refractivity contribution in [2.45, 2.75) is 33.2 Å². The lowest BCUT2D eigenvalue weighted by atomic mass is 10.0. The summed E-state index contributed by atoms with van der Waals surface area (Å²) in [4.78, 5) is 15.6. The Kier molecular flexibility index (Phi) is 8.04. The maximum absolute atomic E-state index is 11.4. The number of ether oxygens (including phenoxy) is 1. The molecule has 0 heterocycles. The van der Waals surface area contributed by atoms with Gasteiger partial charge in [0.15, 0.2) is 5.96 Å². The Morgan fingerprint density at radius 3 is 2.32 bits per heavy atom. The van der Waals surface area contributed by atoms with Gasteiger partial charge in [0.1, 0.15) is 0 Å². The average Bonchev–Trinajstić information content (AvgIpc) is 2.58. The molecule has 0 saturated heterocycles. The maximum Gasteiger partial charge on any atom is 0.337 e. The molecule has 2 N–H and O–H groups in total. The third-order valence-corrected chi connectivity index (χ3v) is 3.77. The number of rotatable bonds is 7. The van der Waals surface area contributed by atoms with Crippen LogP contribution in [0.15, 0.2) is 29.3 Å². The number of methoxy groups -OCH3 is 1. The van der Waals surface area contributed by atoms with Gasteiger partial charge in [-0.2, -0.15) is 0 Å². The second kappa shape index (κ2) is 9.82. The highest BCUT2D eigenvalue weighted by Gasteiger charge is 2.06. The van der Waals surface area contributed by atoms with E-state index in [-0.39, 0.29) is 5.97 Å².